The highest BCUT2D eigenvalue weighted by atomic mass is 19.3. The number of carboxylic acid groups (broad SMARTS) is 1. The Morgan fingerprint density at radius 1 is 1.20 bits per heavy atom. The minimum Gasteiger partial charge on any atom is -0.481 e. The Morgan fingerprint density at radius 2 is 2.00 bits per heavy atom. The van der Waals surface area contributed by atoms with Gasteiger partial charge in [0, 0.05) is 16.5 Å². The summed E-state index contributed by atoms with van der Waals surface area (Å²) in [4.78, 5) is 40.8. The Bertz CT molecular complexity index is 1450. The number of aliphatic carboxylic acids is 1. The lowest BCUT2D eigenvalue weighted by Gasteiger charge is -2.20. The molecule has 2 atom stereocenters. The summed E-state index contributed by atoms with van der Waals surface area (Å²) in [5.41, 5.74) is 0.616. The van der Waals surface area contributed by atoms with Crippen molar-refractivity contribution in [3.05, 3.63) is 53.5 Å². The fourth-order valence-corrected chi connectivity index (χ4v) is 3.90. The van der Waals surface area contributed by atoms with Crippen LogP contribution in [0.3, 0.4) is 0 Å². The lowest BCUT2D eigenvalue weighted by molar-refractivity contribution is -0.137. The highest BCUT2D eigenvalue weighted by Gasteiger charge is 2.23. The van der Waals surface area contributed by atoms with Crippen LogP contribution < -0.4 is 26.0 Å². The summed E-state index contributed by atoms with van der Waals surface area (Å²) in [7, 11) is 0. The highest BCUT2D eigenvalue weighted by Crippen LogP contribution is 2.27. The molecule has 40 heavy (non-hydrogen) atoms. The number of fused-ring (bicyclic) bond motifs is 1. The molecule has 4 rings (SSSR count). The van der Waals surface area contributed by atoms with Gasteiger partial charge in [0.05, 0.1) is 49.5 Å². The maximum Gasteiger partial charge on any atom is 0.387 e. The molecule has 2 heterocycles. The molecule has 0 fully saturated rings. The molecule has 2 aromatic carbocycles. The van der Waals surface area contributed by atoms with Crippen molar-refractivity contribution < 1.29 is 41.8 Å². The third-order valence-electron chi connectivity index (χ3n) is 5.70. The van der Waals surface area contributed by atoms with Gasteiger partial charge in [0.25, 0.3) is 5.91 Å². The van der Waals surface area contributed by atoms with Crippen LogP contribution in [-0.4, -0.2) is 71.5 Å². The van der Waals surface area contributed by atoms with Crippen molar-refractivity contribution in [3.8, 4) is 5.75 Å². The Hall–Kier alpha value is -4.89. The summed E-state index contributed by atoms with van der Waals surface area (Å²) < 4.78 is 57.1. The number of aliphatic imine (C=N–C) groups is 1. The largest absolute Gasteiger partial charge is 0.481 e. The third-order valence-corrected chi connectivity index (χ3v) is 5.70. The van der Waals surface area contributed by atoms with Gasteiger partial charge in [-0.05, 0) is 30.3 Å². The van der Waals surface area contributed by atoms with Gasteiger partial charge < -0.3 is 31.1 Å². The first kappa shape index (κ1) is 28.1. The maximum absolute atomic E-state index is 14.4. The van der Waals surface area contributed by atoms with Gasteiger partial charge in [-0.3, -0.25) is 19.5 Å². The summed E-state index contributed by atoms with van der Waals surface area (Å²) in [6, 6.07) is 4.09. The first-order valence-electron chi connectivity index (χ1n) is 11.8. The topological polar surface area (TPSA) is 170 Å². The maximum atomic E-state index is 14.4. The number of nitrogens with one attached hydrogen (secondary N) is 5. The van der Waals surface area contributed by atoms with E-state index in [0.29, 0.717) is 22.5 Å². The SMILES string of the molecule is O=C(O)C[C@H](NC(=O)CNC(=O)c1cc(NC2=NCC(F)CN2)c2cn[nH]c2c1)c1cc(OC(F)F)ccc1F. The number of carbonyl (C=O) groups is 3. The van der Waals surface area contributed by atoms with E-state index < -0.39 is 61.1 Å². The van der Waals surface area contributed by atoms with Gasteiger partial charge in [0.15, 0.2) is 5.96 Å². The smallest absolute Gasteiger partial charge is 0.387 e. The number of benzene rings is 2. The van der Waals surface area contributed by atoms with Crippen LogP contribution in [0.25, 0.3) is 10.9 Å². The minimum atomic E-state index is -3.20. The number of guanidine groups is 1. The van der Waals surface area contributed by atoms with Crippen LogP contribution in [0.2, 0.25) is 0 Å². The van der Waals surface area contributed by atoms with Gasteiger partial charge in [-0.2, -0.15) is 13.9 Å². The fourth-order valence-electron chi connectivity index (χ4n) is 3.90. The lowest BCUT2D eigenvalue weighted by atomic mass is 10.0. The van der Waals surface area contributed by atoms with E-state index in [0.717, 1.165) is 18.2 Å². The Kier molecular flexibility index (Phi) is 8.66. The van der Waals surface area contributed by atoms with Crippen molar-refractivity contribution in [1.82, 2.24) is 26.1 Å². The first-order valence-corrected chi connectivity index (χ1v) is 11.8. The summed E-state index contributed by atoms with van der Waals surface area (Å²) in [6.07, 6.45) is -0.386. The van der Waals surface area contributed by atoms with Crippen LogP contribution >= 0.6 is 0 Å². The molecule has 212 valence electrons. The van der Waals surface area contributed by atoms with Gasteiger partial charge in [-0.1, -0.05) is 0 Å². The lowest BCUT2D eigenvalue weighted by Crippen LogP contribution is -2.41. The van der Waals surface area contributed by atoms with Crippen LogP contribution in [0.1, 0.15) is 28.4 Å². The van der Waals surface area contributed by atoms with Crippen LogP contribution in [0.15, 0.2) is 41.5 Å². The van der Waals surface area contributed by atoms with Crippen molar-refractivity contribution in [2.75, 3.05) is 25.0 Å². The molecule has 0 bridgehead atoms. The van der Waals surface area contributed by atoms with E-state index in [1.165, 1.54) is 18.3 Å². The molecule has 0 saturated heterocycles. The number of halogens is 4. The van der Waals surface area contributed by atoms with E-state index in [2.05, 4.69) is 41.2 Å². The predicted octanol–water partition coefficient (Wildman–Crippen LogP) is 2.07. The molecule has 1 aliphatic rings. The van der Waals surface area contributed by atoms with Crippen LogP contribution in [0, 0.1) is 5.82 Å². The second-order valence-corrected chi connectivity index (χ2v) is 8.61. The number of ether oxygens (including phenoxy) is 1. The van der Waals surface area contributed by atoms with Crippen molar-refractivity contribution in [2.45, 2.75) is 25.2 Å². The molecule has 16 heteroatoms. The summed E-state index contributed by atoms with van der Waals surface area (Å²) in [6.45, 7) is -3.80. The number of alkyl halides is 3. The molecule has 0 aliphatic carbocycles. The molecule has 3 aromatic rings. The standard InChI is InChI=1S/C24H23F4N7O5/c25-12-7-30-24(31-8-12)34-17-3-11(4-19-15(17)9-32-35-19)22(39)29-10-20(36)33-18(6-21(37)38)14-5-13(40-23(27)28)1-2-16(14)26/h1-5,9,12,18,23H,6-8,10H2,(H,29,39)(H,32,35)(H,33,36)(H,37,38)(H2,30,31,34)/t18-/m0/s1. The number of amides is 2. The number of rotatable bonds is 10. The third kappa shape index (κ3) is 7.15. The van der Waals surface area contributed by atoms with E-state index in [-0.39, 0.29) is 24.2 Å². The van der Waals surface area contributed by atoms with E-state index in [1.807, 2.05) is 0 Å². The van der Waals surface area contributed by atoms with E-state index in [4.69, 9.17) is 0 Å². The first-order chi connectivity index (χ1) is 19.1. The summed E-state index contributed by atoms with van der Waals surface area (Å²) in [5.74, 6) is -4.05. The van der Waals surface area contributed by atoms with Crippen LogP contribution in [-0.2, 0) is 9.59 Å². The number of nitrogens with zero attached hydrogens (tertiary/aromatic N) is 2. The van der Waals surface area contributed by atoms with Crippen molar-refractivity contribution >= 4 is 40.3 Å². The molecule has 2 amide bonds. The predicted molar refractivity (Wildman–Crippen MR) is 133 cm³/mol. The second kappa shape index (κ2) is 12.3. The fraction of sp³-hybridized carbons (Fsp3) is 0.292. The van der Waals surface area contributed by atoms with Gasteiger partial charge in [0.2, 0.25) is 5.91 Å². The molecule has 0 saturated carbocycles. The number of carboxylic acids is 1. The van der Waals surface area contributed by atoms with Gasteiger partial charge >= 0.3 is 12.6 Å². The second-order valence-electron chi connectivity index (χ2n) is 8.61. The quantitative estimate of drug-likeness (QED) is 0.203. The van der Waals surface area contributed by atoms with E-state index in [1.54, 1.807) is 0 Å². The molecular weight excluding hydrogens is 542 g/mol. The normalized spacial score (nSPS) is 15.6. The van der Waals surface area contributed by atoms with Crippen molar-refractivity contribution in [3.63, 3.8) is 0 Å². The van der Waals surface area contributed by atoms with Crippen LogP contribution in [0.4, 0.5) is 23.2 Å². The molecule has 1 aliphatic heterocycles. The average Bonchev–Trinajstić information content (AvgIpc) is 3.38. The summed E-state index contributed by atoms with van der Waals surface area (Å²) >= 11 is 0. The zero-order valence-electron chi connectivity index (χ0n) is 20.5. The van der Waals surface area contributed by atoms with E-state index in [9.17, 15) is 37.1 Å². The Balaban J connectivity index is 1.45. The number of H-pyrrole nitrogens is 1. The zero-order valence-corrected chi connectivity index (χ0v) is 20.5. The zero-order chi connectivity index (χ0) is 28.8. The molecule has 0 radical (unpaired) electrons. The van der Waals surface area contributed by atoms with Crippen molar-refractivity contribution in [2.24, 2.45) is 4.99 Å². The van der Waals surface area contributed by atoms with Crippen molar-refractivity contribution in [1.29, 1.82) is 0 Å². The number of aromatic amines is 1. The molecule has 1 aromatic heterocycles. The molecule has 6 N–H and O–H groups in total. The monoisotopic (exact) mass is 565 g/mol. The minimum absolute atomic E-state index is 0.0323. The van der Waals surface area contributed by atoms with E-state index >= 15 is 0 Å². The van der Waals surface area contributed by atoms with Gasteiger partial charge in [-0.25, -0.2) is 13.8 Å². The molecular formula is C24H23F4N7O5. The molecule has 0 spiro atoms. The number of aromatic nitrogens is 2. The average molecular weight is 565 g/mol. The van der Waals surface area contributed by atoms with Crippen LogP contribution in [0.5, 0.6) is 5.75 Å². The number of carbonyl (C=O) groups excluding carboxylic acids is 2. The Labute approximate surface area is 223 Å². The molecule has 12 nitrogen and oxygen atoms in total. The highest BCUT2D eigenvalue weighted by molar-refractivity contribution is 6.07. The number of hydrogen-bond acceptors (Lipinski definition) is 8. The number of anilines is 1. The Morgan fingerprint density at radius 3 is 2.70 bits per heavy atom. The summed E-state index contributed by atoms with van der Waals surface area (Å²) in [5, 5.41) is 26.9. The molecule has 1 unspecified atom stereocenters. The van der Waals surface area contributed by atoms with Gasteiger partial charge in [0.1, 0.15) is 17.7 Å². The van der Waals surface area contributed by atoms with Gasteiger partial charge in [-0.15, -0.1) is 0 Å². The number of hydrogen-bond donors (Lipinski definition) is 6.